The quantitative estimate of drug-likeness (QED) is 0.329. The van der Waals surface area contributed by atoms with Crippen molar-refractivity contribution in [1.82, 2.24) is 0 Å². The van der Waals surface area contributed by atoms with Gasteiger partial charge < -0.3 is 0 Å². The van der Waals surface area contributed by atoms with Crippen LogP contribution in [0.2, 0.25) is 0 Å². The van der Waals surface area contributed by atoms with Crippen molar-refractivity contribution in [1.29, 1.82) is 0 Å². The molecule has 0 radical (unpaired) electrons. The molecule has 0 fully saturated rings. The molecule has 0 bridgehead atoms. The molecule has 122 valence electrons. The van der Waals surface area contributed by atoms with Crippen molar-refractivity contribution >= 4 is 11.6 Å². The first-order valence-electron chi connectivity index (χ1n) is 8.97. The highest BCUT2D eigenvalue weighted by Gasteiger charge is 2.22. The maximum absolute atomic E-state index is 2.34. The van der Waals surface area contributed by atoms with E-state index >= 15 is 0 Å². The molecule has 0 heterocycles. The van der Waals surface area contributed by atoms with Crippen LogP contribution in [-0.2, 0) is 0 Å². The molecular weight excluding hydrogens is 312 g/mol. The third kappa shape index (κ3) is 2.39. The van der Waals surface area contributed by atoms with Gasteiger partial charge in [-0.15, -0.1) is 0 Å². The van der Waals surface area contributed by atoms with Crippen molar-refractivity contribution in [2.75, 3.05) is 0 Å². The molecule has 5 rings (SSSR count). The van der Waals surface area contributed by atoms with Crippen LogP contribution in [0.25, 0.3) is 33.9 Å². The first-order chi connectivity index (χ1) is 12.9. The average Bonchev–Trinajstić information content (AvgIpc) is 3.03. The van der Waals surface area contributed by atoms with Crippen molar-refractivity contribution in [3.05, 3.63) is 120 Å². The largest absolute Gasteiger partial charge is 0.0622 e. The van der Waals surface area contributed by atoms with Crippen LogP contribution in [0, 0.1) is 0 Å². The van der Waals surface area contributed by atoms with E-state index in [-0.39, 0.29) is 0 Å². The Kier molecular flexibility index (Phi) is 3.54. The zero-order valence-corrected chi connectivity index (χ0v) is 14.4. The van der Waals surface area contributed by atoms with Crippen molar-refractivity contribution in [2.24, 2.45) is 0 Å². The summed E-state index contributed by atoms with van der Waals surface area (Å²) >= 11 is 0. The molecule has 1 aliphatic rings. The summed E-state index contributed by atoms with van der Waals surface area (Å²) in [5.74, 6) is 0. The Balaban J connectivity index is 1.74. The second-order valence-corrected chi connectivity index (χ2v) is 6.60. The highest BCUT2D eigenvalue weighted by molar-refractivity contribution is 6.07. The third-order valence-corrected chi connectivity index (χ3v) is 5.07. The van der Waals surface area contributed by atoms with Gasteiger partial charge in [0.25, 0.3) is 0 Å². The smallest absolute Gasteiger partial charge is 0.00928 e. The van der Waals surface area contributed by atoms with Crippen LogP contribution in [0.4, 0.5) is 0 Å². The predicted octanol–water partition coefficient (Wildman–Crippen LogP) is 6.92. The Bertz CT molecular complexity index is 1070. The molecule has 0 aromatic heterocycles. The van der Waals surface area contributed by atoms with E-state index in [0.717, 1.165) is 0 Å². The van der Waals surface area contributed by atoms with Gasteiger partial charge in [-0.05, 0) is 50.6 Å². The molecule has 0 aliphatic heterocycles. The van der Waals surface area contributed by atoms with Gasteiger partial charge in [-0.2, -0.15) is 0 Å². The van der Waals surface area contributed by atoms with E-state index in [1.54, 1.807) is 0 Å². The van der Waals surface area contributed by atoms with E-state index < -0.39 is 0 Å². The Morgan fingerprint density at radius 2 is 0.846 bits per heavy atom. The van der Waals surface area contributed by atoms with E-state index in [4.69, 9.17) is 0 Å². The van der Waals surface area contributed by atoms with E-state index in [9.17, 15) is 0 Å². The van der Waals surface area contributed by atoms with E-state index in [1.165, 1.54) is 44.5 Å². The highest BCUT2D eigenvalue weighted by atomic mass is 14.3. The van der Waals surface area contributed by atoms with Gasteiger partial charge in [0.2, 0.25) is 0 Å². The van der Waals surface area contributed by atoms with Crippen LogP contribution >= 0.6 is 0 Å². The number of fused-ring (bicyclic) bond motifs is 3. The van der Waals surface area contributed by atoms with E-state index in [0.29, 0.717) is 0 Å². The number of hydrogen-bond donors (Lipinski definition) is 0. The average molecular weight is 330 g/mol. The fraction of sp³-hybridized carbons (Fsp3) is 0. The van der Waals surface area contributed by atoms with Crippen LogP contribution in [0.3, 0.4) is 0 Å². The summed E-state index contributed by atoms with van der Waals surface area (Å²) in [6, 6.07) is 36.6. The molecule has 0 unspecified atom stereocenters. The number of benzene rings is 4. The maximum atomic E-state index is 2.34. The summed E-state index contributed by atoms with van der Waals surface area (Å²) in [6.07, 6.45) is 2.34. The lowest BCUT2D eigenvalue weighted by Crippen LogP contribution is -1.86. The summed E-state index contributed by atoms with van der Waals surface area (Å²) in [5.41, 5.74) is 10.4. The Morgan fingerprint density at radius 1 is 0.385 bits per heavy atom. The predicted molar refractivity (Wildman–Crippen MR) is 111 cm³/mol. The molecule has 4 aromatic carbocycles. The second-order valence-electron chi connectivity index (χ2n) is 6.60. The van der Waals surface area contributed by atoms with Crippen LogP contribution in [0.5, 0.6) is 0 Å². The normalized spacial score (nSPS) is 11.8. The highest BCUT2D eigenvalue weighted by Crippen LogP contribution is 2.45. The topological polar surface area (TPSA) is 0 Å². The molecule has 0 saturated carbocycles. The Labute approximate surface area is 154 Å². The van der Waals surface area contributed by atoms with E-state index in [1.807, 2.05) is 0 Å². The zero-order valence-electron chi connectivity index (χ0n) is 14.4. The van der Waals surface area contributed by atoms with Gasteiger partial charge in [0, 0.05) is 0 Å². The third-order valence-electron chi connectivity index (χ3n) is 5.07. The van der Waals surface area contributed by atoms with Crippen molar-refractivity contribution in [3.63, 3.8) is 0 Å². The van der Waals surface area contributed by atoms with Crippen LogP contribution in [0.1, 0.15) is 16.7 Å². The van der Waals surface area contributed by atoms with Gasteiger partial charge in [0.1, 0.15) is 0 Å². The lowest BCUT2D eigenvalue weighted by atomic mass is 9.95. The molecule has 1 aliphatic carbocycles. The summed E-state index contributed by atoms with van der Waals surface area (Å²) in [5, 5.41) is 0. The monoisotopic (exact) mass is 330 g/mol. The molecule has 0 atom stereocenters. The summed E-state index contributed by atoms with van der Waals surface area (Å²) in [6.45, 7) is 0. The van der Waals surface area contributed by atoms with Gasteiger partial charge >= 0.3 is 0 Å². The molecule has 4 aromatic rings. The van der Waals surface area contributed by atoms with Gasteiger partial charge in [-0.25, -0.2) is 0 Å². The zero-order chi connectivity index (χ0) is 17.3. The van der Waals surface area contributed by atoms with Crippen LogP contribution in [0.15, 0.2) is 103 Å². The minimum atomic E-state index is 1.25. The number of rotatable bonds is 2. The molecule has 0 amide bonds. The number of hydrogen-bond acceptors (Lipinski definition) is 0. The lowest BCUT2D eigenvalue weighted by Gasteiger charge is -2.09. The molecule has 0 N–H and O–H groups in total. The maximum Gasteiger partial charge on any atom is -0.00928 e. The molecule has 0 spiro atoms. The van der Waals surface area contributed by atoms with E-state index in [2.05, 4.69) is 109 Å². The summed E-state index contributed by atoms with van der Waals surface area (Å²) < 4.78 is 0. The van der Waals surface area contributed by atoms with Crippen LogP contribution < -0.4 is 0 Å². The standard InChI is InChI=1S/C26H18/c1-2-10-19(11-3-1)21-13-5-4-12-20(21)18-26-24-16-8-6-14-22(24)23-15-7-9-17-25(23)26/h1-18H. The van der Waals surface area contributed by atoms with Crippen molar-refractivity contribution in [2.45, 2.75) is 0 Å². The Morgan fingerprint density at radius 3 is 1.46 bits per heavy atom. The Hall–Kier alpha value is -3.38. The molecule has 0 saturated heterocycles. The van der Waals surface area contributed by atoms with Gasteiger partial charge in [0.15, 0.2) is 0 Å². The van der Waals surface area contributed by atoms with Gasteiger partial charge in [0.05, 0.1) is 0 Å². The molecule has 0 nitrogen and oxygen atoms in total. The summed E-state index contributed by atoms with van der Waals surface area (Å²) in [7, 11) is 0. The fourth-order valence-corrected chi connectivity index (χ4v) is 3.87. The summed E-state index contributed by atoms with van der Waals surface area (Å²) in [4.78, 5) is 0. The molecule has 26 heavy (non-hydrogen) atoms. The van der Waals surface area contributed by atoms with Crippen molar-refractivity contribution < 1.29 is 0 Å². The minimum absolute atomic E-state index is 1.25. The fourth-order valence-electron chi connectivity index (χ4n) is 3.87. The van der Waals surface area contributed by atoms with Crippen LogP contribution in [-0.4, -0.2) is 0 Å². The minimum Gasteiger partial charge on any atom is -0.0622 e. The molecule has 0 heteroatoms. The van der Waals surface area contributed by atoms with Gasteiger partial charge in [-0.3, -0.25) is 0 Å². The second kappa shape index (κ2) is 6.16. The van der Waals surface area contributed by atoms with Gasteiger partial charge in [-0.1, -0.05) is 103 Å². The SMILES string of the molecule is C(=C1c2ccccc2-c2ccccc21)c1ccccc1-c1ccccc1. The van der Waals surface area contributed by atoms with Crippen molar-refractivity contribution in [3.8, 4) is 22.3 Å². The lowest BCUT2D eigenvalue weighted by molar-refractivity contribution is 1.59. The first-order valence-corrected chi connectivity index (χ1v) is 8.97. The first kappa shape index (κ1) is 14.9. The molecular formula is C26H18.